The van der Waals surface area contributed by atoms with Crippen molar-refractivity contribution in [1.82, 2.24) is 15.0 Å². The van der Waals surface area contributed by atoms with Crippen molar-refractivity contribution >= 4 is 49.1 Å². The highest BCUT2D eigenvalue weighted by Crippen LogP contribution is 2.40. The van der Waals surface area contributed by atoms with Gasteiger partial charge in [-0.3, -0.25) is 9.59 Å². The average Bonchev–Trinajstić information content (AvgIpc) is 3.38. The Kier molecular flexibility index (Phi) is 5.23. The fraction of sp³-hybridized carbons (Fsp3) is 0.0323. The maximum atomic E-state index is 13.5. The molecule has 4 aromatic carbocycles. The van der Waals surface area contributed by atoms with Crippen LogP contribution in [0.5, 0.6) is 5.75 Å². The predicted octanol–water partition coefficient (Wildman–Crippen LogP) is 6.60. The molecule has 2 aliphatic rings. The van der Waals surface area contributed by atoms with Crippen LogP contribution in [-0.4, -0.2) is 20.7 Å². The van der Waals surface area contributed by atoms with Gasteiger partial charge in [0.15, 0.2) is 11.5 Å². The molecule has 182 valence electrons. The Bertz CT molecular complexity index is 2030. The topological polar surface area (TPSA) is 84.9 Å². The van der Waals surface area contributed by atoms with Gasteiger partial charge < -0.3 is 9.72 Å². The van der Waals surface area contributed by atoms with Crippen LogP contribution in [0, 0.1) is 0 Å². The Hall–Kier alpha value is -4.88. The SMILES string of the molecule is O=C(c1ccccc1)c1ccc2nc(COc3c4sc5ccccc5nc-4c4ccccc4c3=O)[nH]c2c1. The molecule has 0 spiro atoms. The number of carbonyl (C=O) groups excluding carboxylic acids is 1. The third kappa shape index (κ3) is 3.72. The summed E-state index contributed by atoms with van der Waals surface area (Å²) in [6.45, 7) is 0.0683. The molecule has 0 saturated carbocycles. The number of ketones is 1. The van der Waals surface area contributed by atoms with Crippen molar-refractivity contribution in [2.24, 2.45) is 0 Å². The lowest BCUT2D eigenvalue weighted by molar-refractivity contribution is 0.103. The molecule has 0 atom stereocenters. The van der Waals surface area contributed by atoms with E-state index in [1.807, 2.05) is 66.7 Å². The minimum absolute atomic E-state index is 0.0558. The van der Waals surface area contributed by atoms with Crippen molar-refractivity contribution in [3.8, 4) is 16.3 Å². The first-order chi connectivity index (χ1) is 18.7. The van der Waals surface area contributed by atoms with Crippen LogP contribution in [0.4, 0.5) is 0 Å². The van der Waals surface area contributed by atoms with E-state index in [4.69, 9.17) is 9.72 Å². The summed E-state index contributed by atoms with van der Waals surface area (Å²) >= 11 is 1.49. The Morgan fingerprint density at radius 3 is 2.42 bits per heavy atom. The molecule has 6 nitrogen and oxygen atoms in total. The number of H-pyrrole nitrogens is 1. The summed E-state index contributed by atoms with van der Waals surface area (Å²) in [5.41, 5.74) is 4.09. The second kappa shape index (κ2) is 8.90. The number of fused-ring (bicyclic) bond motifs is 5. The zero-order valence-corrected chi connectivity index (χ0v) is 20.8. The first kappa shape index (κ1) is 22.3. The smallest absolute Gasteiger partial charge is 0.229 e. The van der Waals surface area contributed by atoms with E-state index in [2.05, 4.69) is 9.97 Å². The average molecular weight is 514 g/mol. The van der Waals surface area contributed by atoms with Crippen LogP contribution in [0.25, 0.3) is 42.6 Å². The molecular formula is C31H19N3O3S. The summed E-state index contributed by atoms with van der Waals surface area (Å²) in [6, 6.07) is 29.9. The van der Waals surface area contributed by atoms with Crippen LogP contribution in [0.1, 0.15) is 21.7 Å². The minimum atomic E-state index is -0.173. The number of carbonyl (C=O) groups is 1. The van der Waals surface area contributed by atoms with Crippen LogP contribution in [0.2, 0.25) is 0 Å². The second-order valence-corrected chi connectivity index (χ2v) is 10.0. The lowest BCUT2D eigenvalue weighted by Gasteiger charge is -2.14. The maximum absolute atomic E-state index is 13.5. The molecule has 1 N–H and O–H groups in total. The molecule has 0 fully saturated rings. The number of ether oxygens (including phenoxy) is 1. The molecule has 7 heteroatoms. The van der Waals surface area contributed by atoms with E-state index >= 15 is 0 Å². The molecule has 5 aromatic rings. The normalized spacial score (nSPS) is 11.5. The van der Waals surface area contributed by atoms with Crippen molar-refractivity contribution in [2.75, 3.05) is 0 Å². The van der Waals surface area contributed by atoms with Crippen LogP contribution in [0.3, 0.4) is 0 Å². The number of hydrogen-bond acceptors (Lipinski definition) is 6. The summed E-state index contributed by atoms with van der Waals surface area (Å²) in [5, 5.41) is 1.37. The van der Waals surface area contributed by atoms with Crippen molar-refractivity contribution in [1.29, 1.82) is 0 Å². The van der Waals surface area contributed by atoms with Gasteiger partial charge >= 0.3 is 0 Å². The number of hydrogen-bond donors (Lipinski definition) is 1. The first-order valence-corrected chi connectivity index (χ1v) is 12.9. The highest BCUT2D eigenvalue weighted by atomic mass is 32.1. The molecule has 1 aliphatic heterocycles. The molecule has 0 bridgehead atoms. The molecule has 0 unspecified atom stereocenters. The van der Waals surface area contributed by atoms with Gasteiger partial charge in [-0.05, 0) is 30.3 Å². The lowest BCUT2D eigenvalue weighted by Crippen LogP contribution is -2.12. The number of rotatable bonds is 5. The van der Waals surface area contributed by atoms with Crippen LogP contribution >= 0.6 is 11.3 Å². The van der Waals surface area contributed by atoms with Gasteiger partial charge in [-0.25, -0.2) is 9.97 Å². The van der Waals surface area contributed by atoms with Crippen molar-refractivity contribution in [2.45, 2.75) is 6.61 Å². The molecule has 0 saturated heterocycles. The summed E-state index contributed by atoms with van der Waals surface area (Å²) in [5.74, 6) is 0.769. The van der Waals surface area contributed by atoms with E-state index in [-0.39, 0.29) is 23.6 Å². The Morgan fingerprint density at radius 1 is 0.789 bits per heavy atom. The van der Waals surface area contributed by atoms with Gasteiger partial charge in [-0.1, -0.05) is 66.7 Å². The highest BCUT2D eigenvalue weighted by molar-refractivity contribution is 7.21. The summed E-state index contributed by atoms with van der Waals surface area (Å²) in [4.78, 5) is 39.8. The number of para-hydroxylation sites is 1. The number of imidazole rings is 1. The van der Waals surface area contributed by atoms with Gasteiger partial charge in [0.05, 0.1) is 26.9 Å². The van der Waals surface area contributed by atoms with Crippen molar-refractivity contribution in [3.05, 3.63) is 124 Å². The zero-order valence-electron chi connectivity index (χ0n) is 20.0. The van der Waals surface area contributed by atoms with Gasteiger partial charge in [0.2, 0.25) is 5.43 Å². The van der Waals surface area contributed by atoms with E-state index in [1.54, 1.807) is 30.3 Å². The number of aromatic amines is 1. The van der Waals surface area contributed by atoms with E-state index in [0.29, 0.717) is 27.2 Å². The summed E-state index contributed by atoms with van der Waals surface area (Å²) < 4.78 is 7.14. The monoisotopic (exact) mass is 513 g/mol. The molecule has 7 rings (SSSR count). The van der Waals surface area contributed by atoms with E-state index in [0.717, 1.165) is 32.3 Å². The van der Waals surface area contributed by atoms with Crippen LogP contribution in [-0.2, 0) is 6.61 Å². The number of nitrogens with one attached hydrogen (secondary N) is 1. The Morgan fingerprint density at radius 2 is 1.55 bits per heavy atom. The number of aromatic nitrogens is 3. The third-order valence-electron chi connectivity index (χ3n) is 6.55. The Balaban J connectivity index is 1.27. The van der Waals surface area contributed by atoms with Gasteiger partial charge in [-0.15, -0.1) is 11.3 Å². The zero-order chi connectivity index (χ0) is 25.6. The molecule has 0 amide bonds. The van der Waals surface area contributed by atoms with Gasteiger partial charge in [0, 0.05) is 21.9 Å². The summed E-state index contributed by atoms with van der Waals surface area (Å²) in [6.07, 6.45) is 0. The van der Waals surface area contributed by atoms with E-state index < -0.39 is 0 Å². The molecule has 2 heterocycles. The standard InChI is InChI=1S/C31H19N3O3S/c35-28(18-8-2-1-3-9-18)19-14-15-22-24(16-19)33-26(32-22)17-37-30-29(36)21-11-5-4-10-20(21)27-31(30)38-25-13-7-6-12-23(25)34-27/h1-16H,17H2,(H,32,33). The van der Waals surface area contributed by atoms with Crippen molar-refractivity contribution < 1.29 is 9.53 Å². The summed E-state index contributed by atoms with van der Waals surface area (Å²) in [7, 11) is 0. The molecule has 1 aliphatic carbocycles. The minimum Gasteiger partial charge on any atom is -0.480 e. The van der Waals surface area contributed by atoms with Gasteiger partial charge in [-0.2, -0.15) is 0 Å². The molecule has 38 heavy (non-hydrogen) atoms. The van der Waals surface area contributed by atoms with E-state index in [1.165, 1.54) is 11.3 Å². The highest BCUT2D eigenvalue weighted by Gasteiger charge is 2.22. The molecular weight excluding hydrogens is 494 g/mol. The fourth-order valence-corrected chi connectivity index (χ4v) is 5.80. The number of benzene rings is 5. The second-order valence-electron chi connectivity index (χ2n) is 8.96. The molecule has 0 radical (unpaired) electrons. The van der Waals surface area contributed by atoms with Gasteiger partial charge in [0.1, 0.15) is 17.3 Å². The first-order valence-electron chi connectivity index (χ1n) is 12.1. The van der Waals surface area contributed by atoms with Crippen LogP contribution < -0.4 is 10.2 Å². The lowest BCUT2D eigenvalue weighted by atomic mass is 10.0. The Labute approximate surface area is 220 Å². The van der Waals surface area contributed by atoms with Gasteiger partial charge in [0.25, 0.3) is 0 Å². The predicted molar refractivity (Wildman–Crippen MR) is 150 cm³/mol. The maximum Gasteiger partial charge on any atom is 0.229 e. The van der Waals surface area contributed by atoms with E-state index in [9.17, 15) is 9.59 Å². The quantitative estimate of drug-likeness (QED) is 0.159. The number of nitrogens with zero attached hydrogens (tertiary/aromatic N) is 2. The van der Waals surface area contributed by atoms with Crippen LogP contribution in [0.15, 0.2) is 102 Å². The largest absolute Gasteiger partial charge is 0.480 e. The van der Waals surface area contributed by atoms with Crippen molar-refractivity contribution in [3.63, 3.8) is 0 Å². The molecule has 1 aromatic heterocycles. The third-order valence-corrected chi connectivity index (χ3v) is 7.69. The fourth-order valence-electron chi connectivity index (χ4n) is 4.71.